The zero-order valence-electron chi connectivity index (χ0n) is 11.3. The van der Waals surface area contributed by atoms with Crippen LogP contribution in [0.3, 0.4) is 0 Å². The third-order valence-electron chi connectivity index (χ3n) is 3.42. The predicted octanol–water partition coefficient (Wildman–Crippen LogP) is 0.723. The van der Waals surface area contributed by atoms with Crippen LogP contribution >= 0.6 is 0 Å². The molecule has 1 aromatic carbocycles. The molecule has 1 saturated heterocycles. The van der Waals surface area contributed by atoms with Crippen molar-refractivity contribution >= 4 is 21.6 Å². The molecule has 2 rings (SSSR count). The summed E-state index contributed by atoms with van der Waals surface area (Å²) in [6.45, 7) is 2.63. The molecular weight excluding hydrogens is 278 g/mol. The van der Waals surface area contributed by atoms with Crippen LogP contribution in [0.25, 0.3) is 0 Å². The van der Waals surface area contributed by atoms with Crippen molar-refractivity contribution in [3.05, 3.63) is 23.8 Å². The third-order valence-corrected chi connectivity index (χ3v) is 4.33. The second-order valence-electron chi connectivity index (χ2n) is 5.01. The van der Waals surface area contributed by atoms with Gasteiger partial charge in [0, 0.05) is 5.69 Å². The van der Waals surface area contributed by atoms with E-state index in [1.807, 2.05) is 0 Å². The predicted molar refractivity (Wildman–Crippen MR) is 76.8 cm³/mol. The van der Waals surface area contributed by atoms with Crippen molar-refractivity contribution in [3.8, 4) is 0 Å². The smallest absolute Gasteiger partial charge is 0.241 e. The maximum Gasteiger partial charge on any atom is 0.241 e. The van der Waals surface area contributed by atoms with Gasteiger partial charge in [-0.3, -0.25) is 4.79 Å². The molecule has 1 atom stereocenters. The van der Waals surface area contributed by atoms with E-state index < -0.39 is 10.0 Å². The van der Waals surface area contributed by atoms with Gasteiger partial charge in [0.15, 0.2) is 0 Å². The van der Waals surface area contributed by atoms with Gasteiger partial charge < -0.3 is 10.6 Å². The van der Waals surface area contributed by atoms with E-state index in [1.54, 1.807) is 13.0 Å². The van der Waals surface area contributed by atoms with Gasteiger partial charge >= 0.3 is 0 Å². The summed E-state index contributed by atoms with van der Waals surface area (Å²) >= 11 is 0. The van der Waals surface area contributed by atoms with Crippen LogP contribution in [0, 0.1) is 6.92 Å². The van der Waals surface area contributed by atoms with E-state index >= 15 is 0 Å². The Morgan fingerprint density at radius 3 is 2.75 bits per heavy atom. The molecule has 4 N–H and O–H groups in total. The molecule has 0 radical (unpaired) electrons. The van der Waals surface area contributed by atoms with Gasteiger partial charge in [-0.1, -0.05) is 12.5 Å². The number of benzene rings is 1. The summed E-state index contributed by atoms with van der Waals surface area (Å²) in [5.74, 6) is -0.139. The fourth-order valence-corrected chi connectivity index (χ4v) is 2.75. The van der Waals surface area contributed by atoms with Gasteiger partial charge in [-0.2, -0.15) is 0 Å². The number of hydrogen-bond acceptors (Lipinski definition) is 4. The van der Waals surface area contributed by atoms with Crippen LogP contribution in [0.1, 0.15) is 24.8 Å². The van der Waals surface area contributed by atoms with Crippen LogP contribution in [0.15, 0.2) is 23.1 Å². The molecule has 1 aliphatic rings. The summed E-state index contributed by atoms with van der Waals surface area (Å²) in [5.41, 5.74) is 1.27. The highest BCUT2D eigenvalue weighted by Crippen LogP contribution is 2.20. The largest absolute Gasteiger partial charge is 0.324 e. The molecule has 7 heteroatoms. The third kappa shape index (κ3) is 3.56. The molecule has 1 heterocycles. The molecule has 1 aromatic rings. The van der Waals surface area contributed by atoms with Crippen molar-refractivity contribution in [2.75, 3.05) is 11.9 Å². The molecule has 6 nitrogen and oxygen atoms in total. The topological polar surface area (TPSA) is 101 Å². The number of nitrogens with one attached hydrogen (secondary N) is 2. The highest BCUT2D eigenvalue weighted by atomic mass is 32.2. The molecule has 1 aliphatic heterocycles. The van der Waals surface area contributed by atoms with Gasteiger partial charge in [0.25, 0.3) is 0 Å². The molecule has 20 heavy (non-hydrogen) atoms. The molecule has 0 aromatic heterocycles. The number of aryl methyl sites for hydroxylation is 1. The number of amides is 1. The highest BCUT2D eigenvalue weighted by molar-refractivity contribution is 7.89. The summed E-state index contributed by atoms with van der Waals surface area (Å²) in [7, 11) is -3.77. The van der Waals surface area contributed by atoms with Gasteiger partial charge in [-0.05, 0) is 44.0 Å². The minimum atomic E-state index is -3.77. The Balaban J connectivity index is 2.18. The number of hydrogen-bond donors (Lipinski definition) is 3. The number of piperidine rings is 1. The maximum atomic E-state index is 12.1. The fraction of sp³-hybridized carbons (Fsp3) is 0.462. The van der Waals surface area contributed by atoms with Crippen LogP contribution < -0.4 is 15.8 Å². The zero-order chi connectivity index (χ0) is 14.8. The molecule has 0 unspecified atom stereocenters. The lowest BCUT2D eigenvalue weighted by Gasteiger charge is -2.23. The van der Waals surface area contributed by atoms with Crippen molar-refractivity contribution in [3.63, 3.8) is 0 Å². The number of nitrogens with two attached hydrogens (primary N) is 1. The molecule has 0 aliphatic carbocycles. The first-order valence-electron chi connectivity index (χ1n) is 6.55. The standard InChI is InChI=1S/C13H19N3O3S/c1-9-5-6-10(20(14,18)19)8-12(9)16-13(17)11-4-2-3-7-15-11/h5-6,8,11,15H,2-4,7H2,1H3,(H,16,17)(H2,14,18,19)/t11-/m1/s1. The van der Waals surface area contributed by atoms with Crippen LogP contribution in [0.2, 0.25) is 0 Å². The van der Waals surface area contributed by atoms with Crippen molar-refractivity contribution in [1.29, 1.82) is 0 Å². The average molecular weight is 297 g/mol. The number of primary sulfonamides is 1. The number of rotatable bonds is 3. The first-order valence-corrected chi connectivity index (χ1v) is 8.10. The number of sulfonamides is 1. The van der Waals surface area contributed by atoms with Gasteiger partial charge in [0.05, 0.1) is 10.9 Å². The first-order chi connectivity index (χ1) is 9.38. The Bertz CT molecular complexity index is 607. The zero-order valence-corrected chi connectivity index (χ0v) is 12.2. The Morgan fingerprint density at radius 2 is 2.15 bits per heavy atom. The number of carbonyl (C=O) groups is 1. The molecule has 110 valence electrons. The Hall–Kier alpha value is -1.44. The molecule has 1 amide bonds. The summed E-state index contributed by atoms with van der Waals surface area (Å²) in [6.07, 6.45) is 2.88. The van der Waals surface area contributed by atoms with E-state index in [-0.39, 0.29) is 16.8 Å². The molecule has 0 saturated carbocycles. The van der Waals surface area contributed by atoms with Gasteiger partial charge in [-0.15, -0.1) is 0 Å². The molecule has 1 fully saturated rings. The Morgan fingerprint density at radius 1 is 1.40 bits per heavy atom. The average Bonchev–Trinajstić information content (AvgIpc) is 2.41. The van der Waals surface area contributed by atoms with E-state index in [1.165, 1.54) is 12.1 Å². The quantitative estimate of drug-likeness (QED) is 0.765. The lowest BCUT2D eigenvalue weighted by atomic mass is 10.0. The second kappa shape index (κ2) is 5.90. The number of anilines is 1. The van der Waals surface area contributed by atoms with Crippen LogP contribution in [0.5, 0.6) is 0 Å². The summed E-state index contributed by atoms with van der Waals surface area (Å²) in [5, 5.41) is 11.0. The van der Waals surface area contributed by atoms with Crippen molar-refractivity contribution < 1.29 is 13.2 Å². The van der Waals surface area contributed by atoms with Crippen LogP contribution in [-0.2, 0) is 14.8 Å². The molecular formula is C13H19N3O3S. The van der Waals surface area contributed by atoms with Crippen molar-refractivity contribution in [2.24, 2.45) is 5.14 Å². The summed E-state index contributed by atoms with van der Waals surface area (Å²) in [4.78, 5) is 12.1. The van der Waals surface area contributed by atoms with Gasteiger partial charge in [0.1, 0.15) is 0 Å². The lowest BCUT2D eigenvalue weighted by molar-refractivity contribution is -0.118. The minimum Gasteiger partial charge on any atom is -0.324 e. The van der Waals surface area contributed by atoms with Gasteiger partial charge in [0.2, 0.25) is 15.9 Å². The first kappa shape index (κ1) is 15.0. The molecule has 0 spiro atoms. The normalized spacial score (nSPS) is 19.6. The SMILES string of the molecule is Cc1ccc(S(N)(=O)=O)cc1NC(=O)[C@H]1CCCCN1. The van der Waals surface area contributed by atoms with Crippen LogP contribution in [-0.4, -0.2) is 26.9 Å². The minimum absolute atomic E-state index is 0.00463. The fourth-order valence-electron chi connectivity index (χ4n) is 2.21. The lowest BCUT2D eigenvalue weighted by Crippen LogP contribution is -2.43. The van der Waals surface area contributed by atoms with Crippen molar-refractivity contribution in [1.82, 2.24) is 5.32 Å². The van der Waals surface area contributed by atoms with E-state index in [2.05, 4.69) is 10.6 Å². The Kier molecular flexibility index (Phi) is 4.42. The second-order valence-corrected chi connectivity index (χ2v) is 6.57. The monoisotopic (exact) mass is 297 g/mol. The van der Waals surface area contributed by atoms with Crippen molar-refractivity contribution in [2.45, 2.75) is 37.1 Å². The summed E-state index contributed by atoms with van der Waals surface area (Å²) in [6, 6.07) is 4.23. The van der Waals surface area contributed by atoms with Crippen LogP contribution in [0.4, 0.5) is 5.69 Å². The van der Waals surface area contributed by atoms with E-state index in [0.29, 0.717) is 5.69 Å². The number of carbonyl (C=O) groups excluding carboxylic acids is 1. The van der Waals surface area contributed by atoms with E-state index in [9.17, 15) is 13.2 Å². The summed E-state index contributed by atoms with van der Waals surface area (Å²) < 4.78 is 22.7. The van der Waals surface area contributed by atoms with E-state index in [0.717, 1.165) is 31.4 Å². The molecule has 0 bridgehead atoms. The highest BCUT2D eigenvalue weighted by Gasteiger charge is 2.21. The van der Waals surface area contributed by atoms with E-state index in [4.69, 9.17) is 5.14 Å². The Labute approximate surface area is 118 Å². The maximum absolute atomic E-state index is 12.1. The van der Waals surface area contributed by atoms with Gasteiger partial charge in [-0.25, -0.2) is 13.6 Å².